The number of carbonyl (C=O) groups excluding carboxylic acids is 1. The second-order valence-electron chi connectivity index (χ2n) is 4.42. The highest BCUT2D eigenvalue weighted by Gasteiger charge is 2.26. The van der Waals surface area contributed by atoms with Crippen molar-refractivity contribution in [2.45, 2.75) is 12.8 Å². The van der Waals surface area contributed by atoms with Gasteiger partial charge in [0.2, 0.25) is 0 Å². The lowest BCUT2D eigenvalue weighted by Gasteiger charge is -2.27. The van der Waals surface area contributed by atoms with E-state index < -0.39 is 0 Å². The third-order valence-corrected chi connectivity index (χ3v) is 3.22. The number of carbonyl (C=O) groups is 1. The molecular formula is C13H14N4O. The quantitative estimate of drug-likeness (QED) is 0.759. The van der Waals surface area contributed by atoms with Crippen LogP contribution in [0.4, 0.5) is 5.82 Å². The van der Waals surface area contributed by atoms with E-state index in [0.29, 0.717) is 5.56 Å². The second-order valence-corrected chi connectivity index (χ2v) is 4.42. The van der Waals surface area contributed by atoms with Gasteiger partial charge in [-0.05, 0) is 25.0 Å². The van der Waals surface area contributed by atoms with Gasteiger partial charge in [0.1, 0.15) is 5.82 Å². The summed E-state index contributed by atoms with van der Waals surface area (Å²) in [5.41, 5.74) is 1.76. The van der Waals surface area contributed by atoms with Crippen LogP contribution in [0, 0.1) is 0 Å². The molecule has 5 heteroatoms. The summed E-state index contributed by atoms with van der Waals surface area (Å²) in [5.74, 6) is 0.905. The molecule has 0 fully saturated rings. The molecule has 0 unspecified atom stereocenters. The van der Waals surface area contributed by atoms with Crippen molar-refractivity contribution in [3.63, 3.8) is 0 Å². The van der Waals surface area contributed by atoms with Crippen LogP contribution in [0.3, 0.4) is 0 Å². The predicted octanol–water partition coefficient (Wildman–Crippen LogP) is 1.41. The van der Waals surface area contributed by atoms with Crippen LogP contribution >= 0.6 is 0 Å². The molecule has 2 aromatic rings. The molecule has 1 aliphatic rings. The van der Waals surface area contributed by atoms with Crippen LogP contribution in [-0.2, 0) is 13.5 Å². The normalized spacial score (nSPS) is 14.4. The summed E-state index contributed by atoms with van der Waals surface area (Å²) in [6.45, 7) is 0.736. The van der Waals surface area contributed by atoms with Gasteiger partial charge in [0.15, 0.2) is 0 Å². The average Bonchev–Trinajstić information content (AvgIpc) is 2.81. The first kappa shape index (κ1) is 11.0. The van der Waals surface area contributed by atoms with Crippen LogP contribution in [0.25, 0.3) is 0 Å². The van der Waals surface area contributed by atoms with Gasteiger partial charge in [0, 0.05) is 31.5 Å². The Labute approximate surface area is 105 Å². The van der Waals surface area contributed by atoms with Crippen molar-refractivity contribution >= 4 is 11.7 Å². The van der Waals surface area contributed by atoms with E-state index in [9.17, 15) is 4.79 Å². The minimum Gasteiger partial charge on any atom is -0.293 e. The summed E-state index contributed by atoms with van der Waals surface area (Å²) in [5, 5.41) is 4.23. The molecule has 0 atom stereocenters. The zero-order valence-corrected chi connectivity index (χ0v) is 10.2. The molecule has 1 aliphatic heterocycles. The molecule has 2 aromatic heterocycles. The lowest BCUT2D eigenvalue weighted by atomic mass is 10.1. The lowest BCUT2D eigenvalue weighted by molar-refractivity contribution is 0.0983. The highest BCUT2D eigenvalue weighted by atomic mass is 16.2. The van der Waals surface area contributed by atoms with E-state index in [1.54, 1.807) is 34.1 Å². The molecule has 92 valence electrons. The molecule has 0 saturated carbocycles. The highest BCUT2D eigenvalue weighted by Crippen LogP contribution is 2.27. The van der Waals surface area contributed by atoms with Crippen molar-refractivity contribution in [1.29, 1.82) is 0 Å². The minimum absolute atomic E-state index is 0.00681. The number of pyridine rings is 1. The van der Waals surface area contributed by atoms with Gasteiger partial charge in [0.25, 0.3) is 5.91 Å². The molecule has 0 saturated heterocycles. The highest BCUT2D eigenvalue weighted by molar-refractivity contribution is 6.06. The standard InChI is InChI=1S/C13H14N4O/c1-16-12-10(9-15-16)5-3-7-17(12)13(18)11-4-2-6-14-8-11/h2,4,6,8-9H,3,5,7H2,1H3. The maximum Gasteiger partial charge on any atom is 0.260 e. The van der Waals surface area contributed by atoms with Gasteiger partial charge in [-0.25, -0.2) is 0 Å². The van der Waals surface area contributed by atoms with Crippen molar-refractivity contribution in [2.24, 2.45) is 7.05 Å². The number of hydrogen-bond acceptors (Lipinski definition) is 3. The molecule has 0 spiro atoms. The average molecular weight is 242 g/mol. The van der Waals surface area contributed by atoms with Crippen LogP contribution in [-0.4, -0.2) is 27.2 Å². The van der Waals surface area contributed by atoms with Crippen molar-refractivity contribution in [3.05, 3.63) is 41.9 Å². The zero-order valence-electron chi connectivity index (χ0n) is 10.2. The molecule has 1 amide bonds. The Balaban J connectivity index is 1.99. The monoisotopic (exact) mass is 242 g/mol. The number of anilines is 1. The van der Waals surface area contributed by atoms with Gasteiger partial charge >= 0.3 is 0 Å². The van der Waals surface area contributed by atoms with Gasteiger partial charge < -0.3 is 0 Å². The fraction of sp³-hybridized carbons (Fsp3) is 0.308. The van der Waals surface area contributed by atoms with Crippen molar-refractivity contribution in [1.82, 2.24) is 14.8 Å². The first-order chi connectivity index (χ1) is 8.77. The molecule has 0 aromatic carbocycles. The van der Waals surface area contributed by atoms with E-state index in [4.69, 9.17) is 0 Å². The second kappa shape index (κ2) is 4.25. The van der Waals surface area contributed by atoms with Gasteiger partial charge in [-0.15, -0.1) is 0 Å². The summed E-state index contributed by atoms with van der Waals surface area (Å²) < 4.78 is 1.77. The van der Waals surface area contributed by atoms with Gasteiger partial charge in [0.05, 0.1) is 11.8 Å². The van der Waals surface area contributed by atoms with Crippen LogP contribution in [0.15, 0.2) is 30.7 Å². The summed E-state index contributed by atoms with van der Waals surface area (Å²) in [6, 6.07) is 3.57. The number of aryl methyl sites for hydroxylation is 2. The number of hydrogen-bond donors (Lipinski definition) is 0. The van der Waals surface area contributed by atoms with E-state index in [1.165, 1.54) is 0 Å². The molecule has 3 rings (SSSR count). The Kier molecular flexibility index (Phi) is 2.59. The fourth-order valence-corrected chi connectivity index (χ4v) is 2.38. The van der Waals surface area contributed by atoms with E-state index in [0.717, 1.165) is 30.8 Å². The van der Waals surface area contributed by atoms with Crippen LogP contribution < -0.4 is 4.90 Å². The van der Waals surface area contributed by atoms with Crippen molar-refractivity contribution < 1.29 is 4.79 Å². The van der Waals surface area contributed by atoms with Gasteiger partial charge in [-0.3, -0.25) is 19.4 Å². The van der Waals surface area contributed by atoms with Crippen LogP contribution in [0.1, 0.15) is 22.3 Å². The lowest BCUT2D eigenvalue weighted by Crippen LogP contribution is -2.36. The molecule has 0 radical (unpaired) electrons. The first-order valence-electron chi connectivity index (χ1n) is 6.00. The number of nitrogens with zero attached hydrogens (tertiary/aromatic N) is 4. The third-order valence-electron chi connectivity index (χ3n) is 3.22. The van der Waals surface area contributed by atoms with E-state index in [1.807, 2.05) is 13.2 Å². The SMILES string of the molecule is Cn1ncc2c1N(C(=O)c1cccnc1)CCC2. The van der Waals surface area contributed by atoms with Crippen molar-refractivity contribution in [2.75, 3.05) is 11.4 Å². The van der Waals surface area contributed by atoms with Gasteiger partial charge in [-0.1, -0.05) is 0 Å². The number of amides is 1. The summed E-state index contributed by atoms with van der Waals surface area (Å²) in [4.78, 5) is 18.2. The summed E-state index contributed by atoms with van der Waals surface area (Å²) in [7, 11) is 1.87. The first-order valence-corrected chi connectivity index (χ1v) is 6.00. The summed E-state index contributed by atoms with van der Waals surface area (Å²) in [6.07, 6.45) is 7.08. The molecule has 0 N–H and O–H groups in total. The largest absolute Gasteiger partial charge is 0.293 e. The Morgan fingerprint density at radius 3 is 3.06 bits per heavy atom. The van der Waals surface area contributed by atoms with E-state index >= 15 is 0 Å². The molecule has 0 bridgehead atoms. The topological polar surface area (TPSA) is 51.0 Å². The molecule has 3 heterocycles. The maximum atomic E-state index is 12.5. The smallest absolute Gasteiger partial charge is 0.260 e. The zero-order chi connectivity index (χ0) is 12.5. The number of aromatic nitrogens is 3. The molecular weight excluding hydrogens is 228 g/mol. The fourth-order valence-electron chi connectivity index (χ4n) is 2.38. The van der Waals surface area contributed by atoms with E-state index in [2.05, 4.69) is 10.1 Å². The predicted molar refractivity (Wildman–Crippen MR) is 67.4 cm³/mol. The Hall–Kier alpha value is -2.17. The van der Waals surface area contributed by atoms with E-state index in [-0.39, 0.29) is 5.91 Å². The third kappa shape index (κ3) is 1.68. The molecule has 18 heavy (non-hydrogen) atoms. The maximum absolute atomic E-state index is 12.5. The van der Waals surface area contributed by atoms with Crippen molar-refractivity contribution in [3.8, 4) is 0 Å². The summed E-state index contributed by atoms with van der Waals surface area (Å²) >= 11 is 0. The Morgan fingerprint density at radius 1 is 1.39 bits per heavy atom. The van der Waals surface area contributed by atoms with Gasteiger partial charge in [-0.2, -0.15) is 5.10 Å². The Bertz CT molecular complexity index is 576. The molecule has 5 nitrogen and oxygen atoms in total. The number of fused-ring (bicyclic) bond motifs is 1. The number of rotatable bonds is 1. The Morgan fingerprint density at radius 2 is 2.28 bits per heavy atom. The van der Waals surface area contributed by atoms with Crippen LogP contribution in [0.5, 0.6) is 0 Å². The molecule has 0 aliphatic carbocycles. The minimum atomic E-state index is -0.00681. The van der Waals surface area contributed by atoms with Crippen LogP contribution in [0.2, 0.25) is 0 Å².